The molecule has 0 N–H and O–H groups in total. The van der Waals surface area contributed by atoms with Crippen LogP contribution in [0.3, 0.4) is 0 Å². The quantitative estimate of drug-likeness (QED) is 0.240. The summed E-state index contributed by atoms with van der Waals surface area (Å²) in [6.07, 6.45) is 2.18. The fourth-order valence-electron chi connectivity index (χ4n) is 4.32. The van der Waals surface area contributed by atoms with Crippen molar-refractivity contribution in [2.45, 2.75) is 12.5 Å². The minimum absolute atomic E-state index is 0.276. The highest BCUT2D eigenvalue weighted by Gasteiger charge is 2.34. The van der Waals surface area contributed by atoms with Crippen molar-refractivity contribution in [3.63, 3.8) is 0 Å². The van der Waals surface area contributed by atoms with Gasteiger partial charge in [-0.15, -0.1) is 0 Å². The monoisotopic (exact) mass is 518 g/mol. The van der Waals surface area contributed by atoms with Gasteiger partial charge < -0.3 is 4.42 Å². The zero-order valence-corrected chi connectivity index (χ0v) is 20.5. The number of benzene rings is 3. The van der Waals surface area contributed by atoms with Gasteiger partial charge in [0.1, 0.15) is 11.5 Å². The Morgan fingerprint density at radius 1 is 0.857 bits per heavy atom. The van der Waals surface area contributed by atoms with Crippen molar-refractivity contribution in [1.29, 1.82) is 0 Å². The molecule has 0 amide bonds. The van der Waals surface area contributed by atoms with Crippen LogP contribution in [0.4, 0.5) is 5.95 Å². The van der Waals surface area contributed by atoms with Gasteiger partial charge in [-0.1, -0.05) is 77.3 Å². The maximum atomic E-state index is 6.65. The van der Waals surface area contributed by atoms with E-state index in [1.54, 1.807) is 17.3 Å². The molecule has 8 heteroatoms. The predicted molar refractivity (Wildman–Crippen MR) is 142 cm³/mol. The van der Waals surface area contributed by atoms with Gasteiger partial charge in [0.2, 0.25) is 5.95 Å². The summed E-state index contributed by atoms with van der Waals surface area (Å²) in [5.74, 6) is 1.11. The molecule has 0 saturated carbocycles. The third kappa shape index (κ3) is 4.06. The zero-order chi connectivity index (χ0) is 23.9. The Labute approximate surface area is 216 Å². The number of anilines is 1. The molecule has 3 heterocycles. The lowest BCUT2D eigenvalue weighted by Gasteiger charge is -2.24. The van der Waals surface area contributed by atoms with Gasteiger partial charge in [0.05, 0.1) is 33.6 Å². The number of furan rings is 1. The summed E-state index contributed by atoms with van der Waals surface area (Å²) in [5, 5.41) is 9.13. The van der Waals surface area contributed by atoms with Crippen LogP contribution in [0.25, 0.3) is 22.2 Å². The lowest BCUT2D eigenvalue weighted by molar-refractivity contribution is 0.556. The molecule has 0 fully saturated rings. The van der Waals surface area contributed by atoms with Crippen molar-refractivity contribution >= 4 is 57.4 Å². The molecule has 3 aromatic carbocycles. The van der Waals surface area contributed by atoms with E-state index in [-0.39, 0.29) is 6.04 Å². The average Bonchev–Trinajstić information content (AvgIpc) is 3.56. The number of fused-ring (bicyclic) bond motifs is 1. The molecule has 0 bridgehead atoms. The Hall–Kier alpha value is -3.38. The van der Waals surface area contributed by atoms with E-state index in [9.17, 15) is 0 Å². The molecule has 0 spiro atoms. The van der Waals surface area contributed by atoms with E-state index in [0.717, 1.165) is 33.4 Å². The summed E-state index contributed by atoms with van der Waals surface area (Å²) < 4.78 is 5.64. The van der Waals surface area contributed by atoms with Crippen molar-refractivity contribution in [2.75, 3.05) is 5.01 Å². The maximum absolute atomic E-state index is 6.65. The van der Waals surface area contributed by atoms with Crippen molar-refractivity contribution in [2.24, 2.45) is 5.10 Å². The second-order valence-electron chi connectivity index (χ2n) is 8.13. The fraction of sp³-hybridized carbons (Fsp3) is 0.0741. The molecule has 0 saturated heterocycles. The summed E-state index contributed by atoms with van der Waals surface area (Å²) in [5.41, 5.74) is 4.08. The van der Waals surface area contributed by atoms with Crippen molar-refractivity contribution in [3.8, 4) is 11.3 Å². The molecule has 0 unspecified atom stereocenters. The Morgan fingerprint density at radius 3 is 2.51 bits per heavy atom. The molecular formula is C27H17Cl3N4O. The third-order valence-corrected chi connectivity index (χ3v) is 7.02. The van der Waals surface area contributed by atoms with Crippen molar-refractivity contribution in [1.82, 2.24) is 9.97 Å². The number of nitrogens with zero attached hydrogens (tertiary/aromatic N) is 4. The van der Waals surface area contributed by atoms with Crippen LogP contribution in [0.15, 0.2) is 94.6 Å². The number of hydrazone groups is 1. The average molecular weight is 520 g/mol. The standard InChI is InChI=1S/C27H17Cl3N4O/c28-17-11-12-18-21(14-17)31-27(32-26(18)16-6-2-1-3-7-16)34-23(19-8-4-9-20(29)25(19)30)15-22(33-34)24-10-5-13-35-24/h1-14,23H,15H2/t23-/m1/s1. The number of hydrogen-bond acceptors (Lipinski definition) is 5. The molecular weight excluding hydrogens is 503 g/mol. The van der Waals surface area contributed by atoms with E-state index in [0.29, 0.717) is 33.2 Å². The number of halogens is 3. The maximum Gasteiger partial charge on any atom is 0.247 e. The van der Waals surface area contributed by atoms with Crippen LogP contribution in [-0.4, -0.2) is 15.7 Å². The summed E-state index contributed by atoms with van der Waals surface area (Å²) in [7, 11) is 0. The van der Waals surface area contributed by atoms with Gasteiger partial charge in [0, 0.05) is 22.4 Å². The van der Waals surface area contributed by atoms with Crippen LogP contribution in [0, 0.1) is 0 Å². The lowest BCUT2D eigenvalue weighted by Crippen LogP contribution is -2.21. The first kappa shape index (κ1) is 22.1. The molecule has 0 aliphatic carbocycles. The van der Waals surface area contributed by atoms with Crippen molar-refractivity contribution < 1.29 is 4.42 Å². The van der Waals surface area contributed by atoms with E-state index in [1.165, 1.54) is 0 Å². The van der Waals surface area contributed by atoms with Gasteiger partial charge in [-0.25, -0.2) is 15.0 Å². The molecule has 35 heavy (non-hydrogen) atoms. The summed E-state index contributed by atoms with van der Waals surface area (Å²) in [4.78, 5) is 9.85. The van der Waals surface area contributed by atoms with E-state index in [1.807, 2.05) is 72.8 Å². The van der Waals surface area contributed by atoms with Gasteiger partial charge in [0.25, 0.3) is 0 Å². The van der Waals surface area contributed by atoms with Gasteiger partial charge in [0.15, 0.2) is 0 Å². The van der Waals surface area contributed by atoms with Crippen LogP contribution in [0.2, 0.25) is 15.1 Å². The summed E-state index contributed by atoms with van der Waals surface area (Å²) in [6.45, 7) is 0. The highest BCUT2D eigenvalue weighted by molar-refractivity contribution is 6.42. The van der Waals surface area contributed by atoms with Crippen LogP contribution >= 0.6 is 34.8 Å². The van der Waals surface area contributed by atoms with Gasteiger partial charge in [-0.3, -0.25) is 0 Å². The highest BCUT2D eigenvalue weighted by atomic mass is 35.5. The van der Waals surface area contributed by atoms with Crippen molar-refractivity contribution in [3.05, 3.63) is 112 Å². The largest absolute Gasteiger partial charge is 0.463 e. The van der Waals surface area contributed by atoms with E-state index in [2.05, 4.69) is 0 Å². The minimum Gasteiger partial charge on any atom is -0.463 e. The first-order valence-electron chi connectivity index (χ1n) is 11.0. The second-order valence-corrected chi connectivity index (χ2v) is 9.35. The molecule has 172 valence electrons. The van der Waals surface area contributed by atoms with Crippen LogP contribution in [0.5, 0.6) is 0 Å². The smallest absolute Gasteiger partial charge is 0.247 e. The number of hydrogen-bond donors (Lipinski definition) is 0. The number of rotatable bonds is 4. The van der Waals surface area contributed by atoms with Crippen LogP contribution < -0.4 is 5.01 Å². The fourth-order valence-corrected chi connectivity index (χ4v) is 4.92. The Balaban J connectivity index is 1.57. The molecule has 0 radical (unpaired) electrons. The normalized spacial score (nSPS) is 15.6. The molecule has 5 nitrogen and oxygen atoms in total. The molecule has 5 aromatic rings. The highest BCUT2D eigenvalue weighted by Crippen LogP contribution is 2.41. The van der Waals surface area contributed by atoms with Crippen LogP contribution in [0.1, 0.15) is 23.8 Å². The topological polar surface area (TPSA) is 54.5 Å². The van der Waals surface area contributed by atoms with E-state index < -0.39 is 0 Å². The third-order valence-electron chi connectivity index (χ3n) is 5.96. The first-order valence-corrected chi connectivity index (χ1v) is 12.1. The molecule has 2 aromatic heterocycles. The molecule has 1 aliphatic rings. The van der Waals surface area contributed by atoms with E-state index >= 15 is 0 Å². The summed E-state index contributed by atoms with van der Waals surface area (Å²) >= 11 is 19.4. The molecule has 1 aliphatic heterocycles. The van der Waals surface area contributed by atoms with Crippen LogP contribution in [-0.2, 0) is 0 Å². The Kier molecular flexibility index (Phi) is 5.69. The summed E-state index contributed by atoms with van der Waals surface area (Å²) in [6, 6.07) is 24.6. The Morgan fingerprint density at radius 2 is 1.71 bits per heavy atom. The first-order chi connectivity index (χ1) is 17.1. The number of aromatic nitrogens is 2. The van der Waals surface area contributed by atoms with E-state index in [4.69, 9.17) is 54.3 Å². The van der Waals surface area contributed by atoms with Gasteiger partial charge in [-0.2, -0.15) is 5.10 Å². The second kappa shape index (κ2) is 9.00. The molecule has 1 atom stereocenters. The van der Waals surface area contributed by atoms with Gasteiger partial charge in [-0.05, 0) is 42.0 Å². The zero-order valence-electron chi connectivity index (χ0n) is 18.2. The predicted octanol–water partition coefficient (Wildman–Crippen LogP) is 8.21. The minimum atomic E-state index is -0.276. The lowest BCUT2D eigenvalue weighted by atomic mass is 10.0. The molecule has 6 rings (SSSR count). The Bertz CT molecular complexity index is 1570. The SMILES string of the molecule is Clc1ccc2c(-c3ccccc3)nc(N3N=C(c4ccco4)C[C@@H]3c3cccc(Cl)c3Cl)nc2c1. The van der Waals surface area contributed by atoms with Gasteiger partial charge >= 0.3 is 0 Å².